The lowest BCUT2D eigenvalue weighted by Crippen LogP contribution is -2.47. The second-order valence-electron chi connectivity index (χ2n) is 4.17. The molecule has 0 aliphatic carbocycles. The zero-order valence-corrected chi connectivity index (χ0v) is 9.90. The molecule has 1 rings (SSSR count). The fraction of sp³-hybridized carbons (Fsp3) is 0.700. The predicted octanol–water partition coefficient (Wildman–Crippen LogP) is -1.05. The molecule has 1 aliphatic heterocycles. The Kier molecular flexibility index (Phi) is 4.45. The number of carbonyl (C=O) groups excluding carboxylic acids is 2. The number of hydrazine groups is 1. The molecule has 0 aromatic carbocycles. The fourth-order valence-electron chi connectivity index (χ4n) is 1.94. The Labute approximate surface area is 99.1 Å². The molecule has 1 aliphatic rings. The lowest BCUT2D eigenvalue weighted by molar-refractivity contribution is -0.142. The van der Waals surface area contributed by atoms with Gasteiger partial charge in [0.05, 0.1) is 12.5 Å². The van der Waals surface area contributed by atoms with Gasteiger partial charge in [0, 0.05) is 13.0 Å². The summed E-state index contributed by atoms with van der Waals surface area (Å²) >= 11 is 0. The van der Waals surface area contributed by atoms with E-state index in [9.17, 15) is 14.4 Å². The number of amides is 2. The predicted molar refractivity (Wildman–Crippen MR) is 58.7 cm³/mol. The van der Waals surface area contributed by atoms with E-state index >= 15 is 0 Å². The minimum Gasteiger partial charge on any atom is -0.481 e. The highest BCUT2D eigenvalue weighted by Gasteiger charge is 2.36. The first-order chi connectivity index (χ1) is 7.91. The molecule has 3 N–H and O–H groups in total. The van der Waals surface area contributed by atoms with Gasteiger partial charge in [-0.1, -0.05) is 0 Å². The van der Waals surface area contributed by atoms with Gasteiger partial charge in [-0.2, -0.15) is 0 Å². The number of carboxylic acid groups (broad SMARTS) is 1. The van der Waals surface area contributed by atoms with Crippen LogP contribution in [0.4, 0.5) is 0 Å². The standard InChI is InChI=1S/C10H17N3O4/c1-6-8(10(16)17)3-4-13(6)5-9(15)12-11-7(2)14/h6,8H,3-5H2,1-2H3,(H,11,14)(H,12,15)(H,16,17). The summed E-state index contributed by atoms with van der Waals surface area (Å²) in [7, 11) is 0. The molecule has 96 valence electrons. The number of aliphatic carboxylic acids is 1. The van der Waals surface area contributed by atoms with Crippen molar-refractivity contribution in [3.8, 4) is 0 Å². The number of carboxylic acids is 1. The topological polar surface area (TPSA) is 98.7 Å². The molecular formula is C10H17N3O4. The van der Waals surface area contributed by atoms with Gasteiger partial charge in [-0.25, -0.2) is 0 Å². The number of carbonyl (C=O) groups is 3. The van der Waals surface area contributed by atoms with Crippen LogP contribution in [0.5, 0.6) is 0 Å². The van der Waals surface area contributed by atoms with Crippen LogP contribution in [0.1, 0.15) is 20.3 Å². The third kappa shape index (κ3) is 3.70. The van der Waals surface area contributed by atoms with Gasteiger partial charge in [0.2, 0.25) is 5.91 Å². The van der Waals surface area contributed by atoms with Crippen molar-refractivity contribution in [2.24, 2.45) is 5.92 Å². The summed E-state index contributed by atoms with van der Waals surface area (Å²) in [6.07, 6.45) is 0.546. The maximum atomic E-state index is 11.4. The van der Waals surface area contributed by atoms with E-state index in [-0.39, 0.29) is 24.4 Å². The van der Waals surface area contributed by atoms with Gasteiger partial charge in [0.25, 0.3) is 5.91 Å². The molecule has 7 heteroatoms. The molecule has 2 amide bonds. The van der Waals surface area contributed by atoms with E-state index in [2.05, 4.69) is 10.9 Å². The third-order valence-electron chi connectivity index (χ3n) is 2.93. The maximum Gasteiger partial charge on any atom is 0.308 e. The highest BCUT2D eigenvalue weighted by atomic mass is 16.4. The van der Waals surface area contributed by atoms with Gasteiger partial charge in [0.1, 0.15) is 0 Å². The summed E-state index contributed by atoms with van der Waals surface area (Å²) in [5.41, 5.74) is 4.43. The van der Waals surface area contributed by atoms with Crippen molar-refractivity contribution in [3.63, 3.8) is 0 Å². The summed E-state index contributed by atoms with van der Waals surface area (Å²) in [6, 6.07) is -0.171. The van der Waals surface area contributed by atoms with E-state index in [1.807, 2.05) is 0 Å². The largest absolute Gasteiger partial charge is 0.481 e. The lowest BCUT2D eigenvalue weighted by atomic mass is 10.0. The molecule has 0 radical (unpaired) electrons. The Hall–Kier alpha value is -1.63. The van der Waals surface area contributed by atoms with Crippen molar-refractivity contribution in [2.45, 2.75) is 26.3 Å². The quantitative estimate of drug-likeness (QED) is 0.549. The summed E-state index contributed by atoms with van der Waals surface area (Å²) in [6.45, 7) is 3.74. The summed E-state index contributed by atoms with van der Waals surface area (Å²) in [4.78, 5) is 34.6. The molecule has 0 spiro atoms. The smallest absolute Gasteiger partial charge is 0.308 e. The first-order valence-electron chi connectivity index (χ1n) is 5.44. The Morgan fingerprint density at radius 1 is 1.35 bits per heavy atom. The van der Waals surface area contributed by atoms with Gasteiger partial charge < -0.3 is 5.11 Å². The molecule has 0 aromatic heterocycles. The van der Waals surface area contributed by atoms with E-state index in [1.54, 1.807) is 11.8 Å². The van der Waals surface area contributed by atoms with Gasteiger partial charge in [0.15, 0.2) is 0 Å². The molecule has 2 unspecified atom stereocenters. The normalized spacial score (nSPS) is 24.4. The van der Waals surface area contributed by atoms with Gasteiger partial charge in [-0.3, -0.25) is 30.1 Å². The molecule has 1 fully saturated rings. The monoisotopic (exact) mass is 243 g/mol. The molecule has 7 nitrogen and oxygen atoms in total. The SMILES string of the molecule is CC(=O)NNC(=O)CN1CCC(C(=O)O)C1C. The second kappa shape index (κ2) is 5.62. The first-order valence-corrected chi connectivity index (χ1v) is 5.44. The number of rotatable bonds is 3. The third-order valence-corrected chi connectivity index (χ3v) is 2.93. The first kappa shape index (κ1) is 13.4. The Morgan fingerprint density at radius 3 is 2.47 bits per heavy atom. The van der Waals surface area contributed by atoms with E-state index in [0.717, 1.165) is 0 Å². The highest BCUT2D eigenvalue weighted by Crippen LogP contribution is 2.23. The average Bonchev–Trinajstić information content (AvgIpc) is 2.58. The Morgan fingerprint density at radius 2 is 2.00 bits per heavy atom. The number of hydrogen-bond acceptors (Lipinski definition) is 4. The number of likely N-dealkylation sites (tertiary alicyclic amines) is 1. The van der Waals surface area contributed by atoms with Crippen molar-refractivity contribution in [2.75, 3.05) is 13.1 Å². The molecule has 1 saturated heterocycles. The minimum atomic E-state index is -0.831. The van der Waals surface area contributed by atoms with Crippen LogP contribution in [0.3, 0.4) is 0 Å². The Balaban J connectivity index is 2.40. The van der Waals surface area contributed by atoms with Crippen molar-refractivity contribution >= 4 is 17.8 Å². The Bertz CT molecular complexity index is 332. The van der Waals surface area contributed by atoms with Crippen LogP contribution < -0.4 is 10.9 Å². The zero-order valence-electron chi connectivity index (χ0n) is 9.90. The molecule has 17 heavy (non-hydrogen) atoms. The van der Waals surface area contributed by atoms with Crippen LogP contribution in [0.25, 0.3) is 0 Å². The van der Waals surface area contributed by atoms with E-state index in [0.29, 0.717) is 13.0 Å². The van der Waals surface area contributed by atoms with Crippen molar-refractivity contribution in [1.29, 1.82) is 0 Å². The fourth-order valence-corrected chi connectivity index (χ4v) is 1.94. The summed E-state index contributed by atoms with van der Waals surface area (Å²) < 4.78 is 0. The van der Waals surface area contributed by atoms with Crippen molar-refractivity contribution in [1.82, 2.24) is 15.8 Å². The summed E-state index contributed by atoms with van der Waals surface area (Å²) in [5.74, 6) is -1.96. The van der Waals surface area contributed by atoms with Crippen LogP contribution in [0.2, 0.25) is 0 Å². The maximum absolute atomic E-state index is 11.4. The lowest BCUT2D eigenvalue weighted by Gasteiger charge is -2.22. The zero-order chi connectivity index (χ0) is 13.0. The molecular weight excluding hydrogens is 226 g/mol. The number of nitrogens with one attached hydrogen (secondary N) is 2. The van der Waals surface area contributed by atoms with Crippen LogP contribution in [-0.2, 0) is 14.4 Å². The second-order valence-corrected chi connectivity index (χ2v) is 4.17. The van der Waals surface area contributed by atoms with E-state index < -0.39 is 11.9 Å². The summed E-state index contributed by atoms with van der Waals surface area (Å²) in [5, 5.41) is 8.93. The molecule has 0 aromatic rings. The van der Waals surface area contributed by atoms with Gasteiger partial charge in [-0.15, -0.1) is 0 Å². The van der Waals surface area contributed by atoms with Gasteiger partial charge in [-0.05, 0) is 19.9 Å². The van der Waals surface area contributed by atoms with Crippen molar-refractivity contribution in [3.05, 3.63) is 0 Å². The molecule has 0 saturated carbocycles. The number of nitrogens with zero attached hydrogens (tertiary/aromatic N) is 1. The molecule has 1 heterocycles. The van der Waals surface area contributed by atoms with Crippen LogP contribution >= 0.6 is 0 Å². The van der Waals surface area contributed by atoms with E-state index in [4.69, 9.17) is 5.11 Å². The molecule has 0 bridgehead atoms. The van der Waals surface area contributed by atoms with Crippen LogP contribution in [0.15, 0.2) is 0 Å². The van der Waals surface area contributed by atoms with Gasteiger partial charge >= 0.3 is 5.97 Å². The minimum absolute atomic E-state index is 0.0885. The number of hydrogen-bond donors (Lipinski definition) is 3. The van der Waals surface area contributed by atoms with Crippen molar-refractivity contribution < 1.29 is 19.5 Å². The molecule has 2 atom stereocenters. The van der Waals surface area contributed by atoms with Crippen LogP contribution in [-0.4, -0.2) is 46.9 Å². The van der Waals surface area contributed by atoms with Crippen LogP contribution in [0, 0.1) is 5.92 Å². The van der Waals surface area contributed by atoms with E-state index in [1.165, 1.54) is 6.92 Å². The highest BCUT2D eigenvalue weighted by molar-refractivity contribution is 5.82. The average molecular weight is 243 g/mol.